The lowest BCUT2D eigenvalue weighted by Gasteiger charge is -2.19. The van der Waals surface area contributed by atoms with Gasteiger partial charge in [-0.05, 0) is 17.7 Å². The van der Waals surface area contributed by atoms with E-state index in [1.807, 2.05) is 42.5 Å². The van der Waals surface area contributed by atoms with E-state index >= 15 is 0 Å². The molecule has 2 aromatic heterocycles. The van der Waals surface area contributed by atoms with Crippen LogP contribution < -0.4 is 16.6 Å². The lowest BCUT2D eigenvalue weighted by Crippen LogP contribution is -2.41. The number of nitrogens with zero attached hydrogens (tertiary/aromatic N) is 3. The molecule has 132 valence electrons. The molecule has 0 spiro atoms. The van der Waals surface area contributed by atoms with Crippen LogP contribution in [0.15, 0.2) is 76.6 Å². The number of pyridine rings is 1. The summed E-state index contributed by atoms with van der Waals surface area (Å²) in [4.78, 5) is 40.4. The van der Waals surface area contributed by atoms with Crippen molar-refractivity contribution in [3.05, 3.63) is 99.1 Å². The summed E-state index contributed by atoms with van der Waals surface area (Å²) in [7, 11) is 1.37. The third-order valence-corrected chi connectivity index (χ3v) is 4.00. The molecule has 0 fully saturated rings. The maximum Gasteiger partial charge on any atom is 0.331 e. The maximum atomic E-state index is 12.5. The van der Waals surface area contributed by atoms with Crippen molar-refractivity contribution in [2.45, 2.75) is 12.6 Å². The van der Waals surface area contributed by atoms with Crippen LogP contribution >= 0.6 is 0 Å². The Labute approximate surface area is 149 Å². The normalized spacial score (nSPS) is 11.7. The molecule has 7 heteroatoms. The molecular weight excluding hydrogens is 332 g/mol. The predicted octanol–water partition coefficient (Wildman–Crippen LogP) is 0.848. The molecule has 1 unspecified atom stereocenters. The highest BCUT2D eigenvalue weighted by atomic mass is 16.2. The fraction of sp³-hybridized carbons (Fsp3) is 0.158. The second-order valence-corrected chi connectivity index (χ2v) is 5.79. The number of hydrogen-bond donors (Lipinski definition) is 1. The van der Waals surface area contributed by atoms with Gasteiger partial charge in [-0.25, -0.2) is 4.79 Å². The molecule has 7 nitrogen and oxygen atoms in total. The zero-order valence-electron chi connectivity index (χ0n) is 14.2. The Kier molecular flexibility index (Phi) is 5.07. The molecule has 1 aromatic carbocycles. The van der Waals surface area contributed by atoms with Gasteiger partial charge in [-0.15, -0.1) is 0 Å². The second-order valence-electron chi connectivity index (χ2n) is 5.79. The summed E-state index contributed by atoms with van der Waals surface area (Å²) in [5, 5.41) is 2.91. The van der Waals surface area contributed by atoms with Gasteiger partial charge in [-0.3, -0.25) is 23.7 Å². The van der Waals surface area contributed by atoms with E-state index < -0.39 is 17.3 Å². The van der Waals surface area contributed by atoms with Crippen LogP contribution in [-0.2, 0) is 18.4 Å². The first-order valence-electron chi connectivity index (χ1n) is 8.08. The third kappa shape index (κ3) is 3.77. The van der Waals surface area contributed by atoms with Crippen LogP contribution in [-0.4, -0.2) is 20.0 Å². The van der Waals surface area contributed by atoms with Gasteiger partial charge < -0.3 is 5.32 Å². The molecule has 0 saturated heterocycles. The van der Waals surface area contributed by atoms with Crippen molar-refractivity contribution >= 4 is 5.91 Å². The van der Waals surface area contributed by atoms with Gasteiger partial charge in [-0.2, -0.15) is 0 Å². The first kappa shape index (κ1) is 17.3. The van der Waals surface area contributed by atoms with E-state index in [1.54, 1.807) is 12.3 Å². The summed E-state index contributed by atoms with van der Waals surface area (Å²) in [6.07, 6.45) is 2.98. The Balaban J connectivity index is 1.86. The summed E-state index contributed by atoms with van der Waals surface area (Å²) >= 11 is 0. The third-order valence-electron chi connectivity index (χ3n) is 4.00. The van der Waals surface area contributed by atoms with E-state index in [1.165, 1.54) is 23.9 Å². The Hall–Kier alpha value is -3.48. The summed E-state index contributed by atoms with van der Waals surface area (Å²) in [5.41, 5.74) is 0.622. The molecule has 0 saturated carbocycles. The largest absolute Gasteiger partial charge is 0.342 e. The molecule has 1 N–H and O–H groups in total. The van der Waals surface area contributed by atoms with Crippen molar-refractivity contribution in [1.29, 1.82) is 0 Å². The van der Waals surface area contributed by atoms with Gasteiger partial charge in [0.15, 0.2) is 0 Å². The van der Waals surface area contributed by atoms with E-state index in [0.29, 0.717) is 5.69 Å². The Morgan fingerprint density at radius 2 is 1.81 bits per heavy atom. The lowest BCUT2D eigenvalue weighted by molar-refractivity contribution is -0.122. The SMILES string of the molecule is Cn1c(=O)ccn(CC(=O)NC(c2ccccc2)c2ccccn2)c1=O. The number of carbonyl (C=O) groups excluding carboxylic acids is 1. The molecule has 3 aromatic rings. The number of nitrogens with one attached hydrogen (secondary N) is 1. The number of carbonyl (C=O) groups is 1. The van der Waals surface area contributed by atoms with E-state index in [-0.39, 0.29) is 12.5 Å². The van der Waals surface area contributed by atoms with Crippen molar-refractivity contribution in [1.82, 2.24) is 19.4 Å². The first-order valence-corrected chi connectivity index (χ1v) is 8.08. The molecule has 2 heterocycles. The lowest BCUT2D eigenvalue weighted by atomic mass is 10.0. The van der Waals surface area contributed by atoms with Crippen LogP contribution in [0.2, 0.25) is 0 Å². The summed E-state index contributed by atoms with van der Waals surface area (Å²) < 4.78 is 2.15. The minimum absolute atomic E-state index is 0.191. The quantitative estimate of drug-likeness (QED) is 0.739. The van der Waals surface area contributed by atoms with E-state index in [0.717, 1.165) is 10.1 Å². The van der Waals surface area contributed by atoms with Crippen molar-refractivity contribution < 1.29 is 4.79 Å². The van der Waals surface area contributed by atoms with Crippen LogP contribution in [0.3, 0.4) is 0 Å². The highest BCUT2D eigenvalue weighted by molar-refractivity contribution is 5.76. The highest BCUT2D eigenvalue weighted by Crippen LogP contribution is 2.19. The minimum atomic E-state index is -0.540. The zero-order chi connectivity index (χ0) is 18.5. The average Bonchev–Trinajstić information content (AvgIpc) is 2.68. The second kappa shape index (κ2) is 7.60. The van der Waals surface area contributed by atoms with Gasteiger partial charge in [0, 0.05) is 25.5 Å². The van der Waals surface area contributed by atoms with Gasteiger partial charge in [0.2, 0.25) is 5.91 Å². The number of amides is 1. The summed E-state index contributed by atoms with van der Waals surface area (Å²) in [6.45, 7) is -0.191. The molecule has 1 atom stereocenters. The van der Waals surface area contributed by atoms with Gasteiger partial charge >= 0.3 is 5.69 Å². The number of rotatable bonds is 5. The number of hydrogen-bond acceptors (Lipinski definition) is 4. The van der Waals surface area contributed by atoms with E-state index in [4.69, 9.17) is 0 Å². The van der Waals surface area contributed by atoms with E-state index in [2.05, 4.69) is 10.3 Å². The smallest absolute Gasteiger partial charge is 0.331 e. The molecule has 0 bridgehead atoms. The van der Waals surface area contributed by atoms with E-state index in [9.17, 15) is 14.4 Å². The molecule has 26 heavy (non-hydrogen) atoms. The van der Waals surface area contributed by atoms with Crippen molar-refractivity contribution in [3.8, 4) is 0 Å². The van der Waals surface area contributed by atoms with Crippen molar-refractivity contribution in [2.75, 3.05) is 0 Å². The van der Waals surface area contributed by atoms with Crippen molar-refractivity contribution in [2.24, 2.45) is 7.05 Å². The number of aromatic nitrogens is 3. The van der Waals surface area contributed by atoms with Crippen molar-refractivity contribution in [3.63, 3.8) is 0 Å². The predicted molar refractivity (Wildman–Crippen MR) is 96.6 cm³/mol. The summed E-state index contributed by atoms with van der Waals surface area (Å²) in [5.74, 6) is -0.356. The van der Waals surface area contributed by atoms with Crippen LogP contribution in [0.5, 0.6) is 0 Å². The monoisotopic (exact) mass is 350 g/mol. The molecule has 0 radical (unpaired) electrons. The zero-order valence-corrected chi connectivity index (χ0v) is 14.2. The fourth-order valence-corrected chi connectivity index (χ4v) is 2.62. The summed E-state index contributed by atoms with van der Waals surface area (Å²) in [6, 6.07) is 15.8. The molecule has 3 rings (SSSR count). The topological polar surface area (TPSA) is 86.0 Å². The first-order chi connectivity index (χ1) is 12.6. The van der Waals surface area contributed by atoms with Crippen LogP contribution in [0.4, 0.5) is 0 Å². The molecule has 0 aliphatic rings. The highest BCUT2D eigenvalue weighted by Gasteiger charge is 2.18. The standard InChI is InChI=1S/C19H18N4O3/c1-22-17(25)10-12-23(19(22)26)13-16(24)21-18(14-7-3-2-4-8-14)15-9-5-6-11-20-15/h2-12,18H,13H2,1H3,(H,21,24). The Bertz CT molecular complexity index is 971. The Morgan fingerprint density at radius 1 is 1.08 bits per heavy atom. The number of benzene rings is 1. The maximum absolute atomic E-state index is 12.5. The fourth-order valence-electron chi connectivity index (χ4n) is 2.62. The molecule has 0 aliphatic carbocycles. The van der Waals surface area contributed by atoms with Crippen LogP contribution in [0.25, 0.3) is 0 Å². The average molecular weight is 350 g/mol. The molecule has 0 aliphatic heterocycles. The molecular formula is C19H18N4O3. The molecule has 1 amide bonds. The minimum Gasteiger partial charge on any atom is -0.342 e. The van der Waals surface area contributed by atoms with Crippen LogP contribution in [0, 0.1) is 0 Å². The van der Waals surface area contributed by atoms with Gasteiger partial charge in [0.25, 0.3) is 5.56 Å². The van der Waals surface area contributed by atoms with Gasteiger partial charge in [0.1, 0.15) is 6.54 Å². The van der Waals surface area contributed by atoms with Gasteiger partial charge in [0.05, 0.1) is 11.7 Å². The van der Waals surface area contributed by atoms with Gasteiger partial charge in [-0.1, -0.05) is 36.4 Å². The Morgan fingerprint density at radius 3 is 2.50 bits per heavy atom. The van der Waals surface area contributed by atoms with Crippen LogP contribution in [0.1, 0.15) is 17.3 Å².